The van der Waals surface area contributed by atoms with Crippen LogP contribution >= 0.6 is 0 Å². The zero-order chi connectivity index (χ0) is 20.9. The molecule has 0 aromatic heterocycles. The molecular formula is C23H28N2O4. The second-order valence-electron chi connectivity index (χ2n) is 6.51. The molecule has 2 aromatic rings. The fourth-order valence-electron chi connectivity index (χ4n) is 2.60. The predicted octanol–water partition coefficient (Wildman–Crippen LogP) is 3.60. The van der Waals surface area contributed by atoms with Crippen molar-refractivity contribution in [1.82, 2.24) is 4.90 Å². The third-order valence-corrected chi connectivity index (χ3v) is 4.00. The van der Waals surface area contributed by atoms with Crippen LogP contribution in [0.15, 0.2) is 60.7 Å². The average molecular weight is 396 g/mol. The minimum absolute atomic E-state index is 0.0775. The average Bonchev–Trinajstić information content (AvgIpc) is 2.71. The molecule has 0 aliphatic carbocycles. The highest BCUT2D eigenvalue weighted by Gasteiger charge is 2.07. The van der Waals surface area contributed by atoms with Crippen molar-refractivity contribution in [2.45, 2.75) is 13.3 Å². The number of ether oxygens (including phenoxy) is 2. The van der Waals surface area contributed by atoms with Crippen molar-refractivity contribution >= 4 is 23.6 Å². The number of benzene rings is 2. The highest BCUT2D eigenvalue weighted by molar-refractivity contribution is 5.92. The molecule has 0 saturated heterocycles. The van der Waals surface area contributed by atoms with E-state index in [-0.39, 0.29) is 11.9 Å². The number of esters is 1. The quantitative estimate of drug-likeness (QED) is 0.357. The van der Waals surface area contributed by atoms with Crippen LogP contribution in [-0.2, 0) is 14.3 Å². The maximum Gasteiger partial charge on any atom is 0.330 e. The van der Waals surface area contributed by atoms with E-state index in [1.165, 1.54) is 6.08 Å². The van der Waals surface area contributed by atoms with Gasteiger partial charge in [-0.1, -0.05) is 30.3 Å². The zero-order valence-corrected chi connectivity index (χ0v) is 17.0. The predicted molar refractivity (Wildman–Crippen MR) is 115 cm³/mol. The first kappa shape index (κ1) is 22.2. The maximum absolute atomic E-state index is 12.2. The molecule has 154 valence electrons. The number of rotatable bonds is 11. The van der Waals surface area contributed by atoms with Crippen LogP contribution in [0.1, 0.15) is 18.9 Å². The molecule has 6 nitrogen and oxygen atoms in total. The van der Waals surface area contributed by atoms with Gasteiger partial charge in [0, 0.05) is 18.3 Å². The van der Waals surface area contributed by atoms with E-state index < -0.39 is 0 Å². The number of anilines is 1. The van der Waals surface area contributed by atoms with Crippen LogP contribution in [0, 0.1) is 0 Å². The number of hydrogen-bond donors (Lipinski definition) is 1. The normalized spacial score (nSPS) is 10.9. The monoisotopic (exact) mass is 396 g/mol. The first-order valence-electron chi connectivity index (χ1n) is 9.68. The van der Waals surface area contributed by atoms with Gasteiger partial charge < -0.3 is 14.8 Å². The standard InChI is InChI=1S/C23H28N2O4/c1-3-28-23(27)15-12-19-10-13-20(14-11-19)24-22(26)18-25(2)16-7-17-29-21-8-5-4-6-9-21/h4-6,8-15H,3,7,16-18H2,1-2H3,(H,24,26)/b15-12+. The van der Waals surface area contributed by atoms with Crippen LogP contribution in [0.3, 0.4) is 0 Å². The van der Waals surface area contributed by atoms with E-state index in [0.717, 1.165) is 24.3 Å². The van der Waals surface area contributed by atoms with Crippen molar-refractivity contribution in [1.29, 1.82) is 0 Å². The van der Waals surface area contributed by atoms with E-state index >= 15 is 0 Å². The molecule has 0 bridgehead atoms. The molecule has 1 N–H and O–H groups in total. The molecule has 0 aliphatic heterocycles. The molecule has 0 atom stereocenters. The third-order valence-electron chi connectivity index (χ3n) is 4.00. The van der Waals surface area contributed by atoms with E-state index in [1.807, 2.05) is 54.4 Å². The molecule has 0 heterocycles. The third kappa shape index (κ3) is 9.08. The van der Waals surface area contributed by atoms with Crippen molar-refractivity contribution < 1.29 is 19.1 Å². The van der Waals surface area contributed by atoms with Crippen molar-refractivity contribution in [3.05, 3.63) is 66.2 Å². The number of likely N-dealkylation sites (N-methyl/N-ethyl adjacent to an activating group) is 1. The Morgan fingerprint density at radius 1 is 1.07 bits per heavy atom. The lowest BCUT2D eigenvalue weighted by atomic mass is 10.2. The largest absolute Gasteiger partial charge is 0.494 e. The summed E-state index contributed by atoms with van der Waals surface area (Å²) in [5.74, 6) is 0.404. The lowest BCUT2D eigenvalue weighted by Gasteiger charge is -2.16. The summed E-state index contributed by atoms with van der Waals surface area (Å²) in [5.41, 5.74) is 1.57. The van der Waals surface area contributed by atoms with E-state index in [9.17, 15) is 9.59 Å². The minimum atomic E-state index is -0.373. The topological polar surface area (TPSA) is 67.9 Å². The Morgan fingerprint density at radius 2 is 1.79 bits per heavy atom. The van der Waals surface area contributed by atoms with E-state index in [1.54, 1.807) is 25.1 Å². The van der Waals surface area contributed by atoms with Crippen LogP contribution in [0.25, 0.3) is 6.08 Å². The molecule has 2 rings (SSSR count). The van der Waals surface area contributed by atoms with Crippen molar-refractivity contribution in [2.75, 3.05) is 38.7 Å². The summed E-state index contributed by atoms with van der Waals surface area (Å²) in [4.78, 5) is 25.5. The van der Waals surface area contributed by atoms with Gasteiger partial charge in [-0.05, 0) is 56.3 Å². The van der Waals surface area contributed by atoms with Crippen LogP contribution in [0.4, 0.5) is 5.69 Å². The van der Waals surface area contributed by atoms with Gasteiger partial charge in [-0.2, -0.15) is 0 Å². The lowest BCUT2D eigenvalue weighted by Crippen LogP contribution is -2.31. The van der Waals surface area contributed by atoms with Crippen molar-refractivity contribution in [3.63, 3.8) is 0 Å². The first-order valence-corrected chi connectivity index (χ1v) is 9.68. The molecule has 29 heavy (non-hydrogen) atoms. The smallest absolute Gasteiger partial charge is 0.330 e. The molecule has 0 aliphatic rings. The highest BCUT2D eigenvalue weighted by Crippen LogP contribution is 2.11. The molecule has 0 saturated carbocycles. The maximum atomic E-state index is 12.2. The Morgan fingerprint density at radius 3 is 2.48 bits per heavy atom. The Bertz CT molecular complexity index is 788. The summed E-state index contributed by atoms with van der Waals surface area (Å²) in [6.07, 6.45) is 3.89. The highest BCUT2D eigenvalue weighted by atomic mass is 16.5. The molecule has 1 amide bonds. The fraction of sp³-hybridized carbons (Fsp3) is 0.304. The molecular weight excluding hydrogens is 368 g/mol. The minimum Gasteiger partial charge on any atom is -0.494 e. The van der Waals surface area contributed by atoms with Crippen LogP contribution < -0.4 is 10.1 Å². The lowest BCUT2D eigenvalue weighted by molar-refractivity contribution is -0.137. The SMILES string of the molecule is CCOC(=O)/C=C/c1ccc(NC(=O)CN(C)CCCOc2ccccc2)cc1. The van der Waals surface area contributed by atoms with Crippen LogP contribution in [-0.4, -0.2) is 50.1 Å². The Hall–Kier alpha value is -3.12. The molecule has 2 aromatic carbocycles. The van der Waals surface area contributed by atoms with Crippen molar-refractivity contribution in [3.8, 4) is 5.75 Å². The molecule has 6 heteroatoms. The van der Waals surface area contributed by atoms with E-state index in [0.29, 0.717) is 25.4 Å². The summed E-state index contributed by atoms with van der Waals surface area (Å²) < 4.78 is 10.5. The van der Waals surface area contributed by atoms with Gasteiger partial charge >= 0.3 is 5.97 Å². The van der Waals surface area contributed by atoms with E-state index in [2.05, 4.69) is 5.32 Å². The molecule has 0 fully saturated rings. The van der Waals surface area contributed by atoms with Gasteiger partial charge in [0.15, 0.2) is 0 Å². The Balaban J connectivity index is 1.67. The van der Waals surface area contributed by atoms with Gasteiger partial charge in [0.2, 0.25) is 5.91 Å². The number of hydrogen-bond acceptors (Lipinski definition) is 5. The van der Waals surface area contributed by atoms with Gasteiger partial charge in [-0.15, -0.1) is 0 Å². The molecule has 0 spiro atoms. The number of carbonyl (C=O) groups excluding carboxylic acids is 2. The fourth-order valence-corrected chi connectivity index (χ4v) is 2.60. The Kier molecular flexibility index (Phi) is 9.45. The van der Waals surface area contributed by atoms with E-state index in [4.69, 9.17) is 9.47 Å². The molecule has 0 radical (unpaired) electrons. The summed E-state index contributed by atoms with van der Waals surface area (Å²) >= 11 is 0. The second kappa shape index (κ2) is 12.4. The summed E-state index contributed by atoms with van der Waals surface area (Å²) in [6, 6.07) is 16.9. The number of carbonyl (C=O) groups is 2. The van der Waals surface area contributed by atoms with Gasteiger partial charge in [-0.3, -0.25) is 9.69 Å². The van der Waals surface area contributed by atoms with Crippen molar-refractivity contribution in [2.24, 2.45) is 0 Å². The number of amides is 1. The number of nitrogens with one attached hydrogen (secondary N) is 1. The van der Waals surface area contributed by atoms with Crippen LogP contribution in [0.5, 0.6) is 5.75 Å². The summed E-state index contributed by atoms with van der Waals surface area (Å²) in [7, 11) is 1.91. The van der Waals surface area contributed by atoms with Crippen LogP contribution in [0.2, 0.25) is 0 Å². The Labute approximate surface area is 172 Å². The van der Waals surface area contributed by atoms with Gasteiger partial charge in [0.05, 0.1) is 19.8 Å². The number of para-hydroxylation sites is 1. The first-order chi connectivity index (χ1) is 14.1. The molecule has 0 unspecified atom stereocenters. The summed E-state index contributed by atoms with van der Waals surface area (Å²) in [5, 5.41) is 2.87. The van der Waals surface area contributed by atoms with Gasteiger partial charge in [0.1, 0.15) is 5.75 Å². The summed E-state index contributed by atoms with van der Waals surface area (Å²) in [6.45, 7) is 3.78. The van der Waals surface area contributed by atoms with Gasteiger partial charge in [0.25, 0.3) is 0 Å². The number of nitrogens with zero attached hydrogens (tertiary/aromatic N) is 1. The van der Waals surface area contributed by atoms with Gasteiger partial charge in [-0.25, -0.2) is 4.79 Å². The second-order valence-corrected chi connectivity index (χ2v) is 6.51. The zero-order valence-electron chi connectivity index (χ0n) is 17.0.